The molecule has 1 amide bonds. The highest BCUT2D eigenvalue weighted by Gasteiger charge is 2.37. The summed E-state index contributed by atoms with van der Waals surface area (Å²) in [5.74, 6) is 0.912. The number of hydrogen-bond donors (Lipinski definition) is 2. The molecule has 1 aromatic carbocycles. The second-order valence-corrected chi connectivity index (χ2v) is 11.6. The Morgan fingerprint density at radius 1 is 1.30 bits per heavy atom. The number of methoxy groups -OCH3 is 1. The maximum Gasteiger partial charge on any atom is 0.270 e. The molecule has 2 N–H and O–H groups in total. The molecule has 11 heteroatoms. The van der Waals surface area contributed by atoms with Crippen molar-refractivity contribution in [2.75, 3.05) is 12.4 Å². The van der Waals surface area contributed by atoms with Gasteiger partial charge in [0.25, 0.3) is 10.0 Å². The molecule has 2 heterocycles. The van der Waals surface area contributed by atoms with Crippen molar-refractivity contribution in [1.82, 2.24) is 14.9 Å². The topological polar surface area (TPSA) is 120 Å². The molecule has 0 saturated heterocycles. The van der Waals surface area contributed by atoms with Crippen LogP contribution in [0, 0.1) is 5.41 Å². The summed E-state index contributed by atoms with van der Waals surface area (Å²) < 4.78 is 39.7. The first-order chi connectivity index (χ1) is 13.8. The van der Waals surface area contributed by atoms with Gasteiger partial charge in [-0.3, -0.25) is 4.79 Å². The summed E-state index contributed by atoms with van der Waals surface area (Å²) in [6.45, 7) is 9.04. The van der Waals surface area contributed by atoms with E-state index in [1.165, 1.54) is 0 Å². The molecule has 3 rings (SSSR count). The summed E-state index contributed by atoms with van der Waals surface area (Å²) in [6.07, 6.45) is 0.429. The minimum absolute atomic E-state index is 0.132. The maximum absolute atomic E-state index is 13.0. The average Bonchev–Trinajstić information content (AvgIpc) is 3.08. The maximum atomic E-state index is 13.0. The van der Waals surface area contributed by atoms with Crippen LogP contribution in [0.25, 0.3) is 0 Å². The molecular formula is C19H26N4O5S2. The third kappa shape index (κ3) is 4.90. The van der Waals surface area contributed by atoms with Crippen LogP contribution in [0.5, 0.6) is 11.5 Å². The average molecular weight is 455 g/mol. The molecule has 30 heavy (non-hydrogen) atoms. The fourth-order valence-corrected chi connectivity index (χ4v) is 5.08. The molecule has 1 aliphatic heterocycles. The predicted octanol–water partition coefficient (Wildman–Crippen LogP) is 3.11. The lowest BCUT2D eigenvalue weighted by molar-refractivity contribution is -0.123. The SMILES string of the molecule is COc1ccc2c(c1)OC(C)(C)C[C@H]2NS(=O)(=O)c1nnc(NC(=O)C(C)(C)C)s1. The van der Waals surface area contributed by atoms with Crippen LogP contribution < -0.4 is 19.5 Å². The van der Waals surface area contributed by atoms with Crippen molar-refractivity contribution >= 4 is 32.4 Å². The number of carbonyl (C=O) groups excluding carboxylic acids is 1. The molecule has 0 aliphatic carbocycles. The summed E-state index contributed by atoms with van der Waals surface area (Å²) in [5, 5.41) is 10.3. The van der Waals surface area contributed by atoms with Crippen LogP contribution in [-0.2, 0) is 14.8 Å². The highest BCUT2D eigenvalue weighted by molar-refractivity contribution is 7.91. The Bertz CT molecular complexity index is 1060. The first-order valence-electron chi connectivity index (χ1n) is 9.35. The van der Waals surface area contributed by atoms with Crippen LogP contribution in [0.15, 0.2) is 22.5 Å². The number of nitrogens with zero attached hydrogens (tertiary/aromatic N) is 2. The Kier molecular flexibility index (Phi) is 5.82. The van der Waals surface area contributed by atoms with Crippen LogP contribution in [0.1, 0.15) is 52.6 Å². The minimum Gasteiger partial charge on any atom is -0.497 e. The second kappa shape index (κ2) is 7.78. The molecule has 0 radical (unpaired) electrons. The van der Waals surface area contributed by atoms with Crippen LogP contribution in [0.3, 0.4) is 0 Å². The van der Waals surface area contributed by atoms with Crippen molar-refractivity contribution in [3.63, 3.8) is 0 Å². The molecule has 9 nitrogen and oxygen atoms in total. The Morgan fingerprint density at radius 3 is 2.63 bits per heavy atom. The summed E-state index contributed by atoms with van der Waals surface area (Å²) in [4.78, 5) is 12.1. The molecule has 0 saturated carbocycles. The number of aromatic nitrogens is 2. The number of sulfonamides is 1. The summed E-state index contributed by atoms with van der Waals surface area (Å²) in [6, 6.07) is 4.76. The number of ether oxygens (including phenoxy) is 2. The van der Waals surface area contributed by atoms with E-state index >= 15 is 0 Å². The second-order valence-electron chi connectivity index (χ2n) is 8.72. The lowest BCUT2D eigenvalue weighted by Crippen LogP contribution is -2.41. The van der Waals surface area contributed by atoms with Gasteiger partial charge in [-0.05, 0) is 19.9 Å². The van der Waals surface area contributed by atoms with E-state index < -0.39 is 27.1 Å². The molecule has 1 aliphatic rings. The molecule has 2 aromatic rings. The molecule has 0 unspecified atom stereocenters. The Balaban J connectivity index is 1.85. The van der Waals surface area contributed by atoms with Crippen molar-refractivity contribution in [1.29, 1.82) is 0 Å². The largest absolute Gasteiger partial charge is 0.497 e. The fourth-order valence-electron chi connectivity index (χ4n) is 2.96. The lowest BCUT2D eigenvalue weighted by Gasteiger charge is -2.37. The van der Waals surface area contributed by atoms with Gasteiger partial charge in [-0.2, -0.15) is 0 Å². The number of amides is 1. The van der Waals surface area contributed by atoms with Gasteiger partial charge in [-0.1, -0.05) is 38.2 Å². The van der Waals surface area contributed by atoms with Gasteiger partial charge in [-0.15, -0.1) is 10.2 Å². The predicted molar refractivity (Wildman–Crippen MR) is 113 cm³/mol. The van der Waals surface area contributed by atoms with Gasteiger partial charge in [0.05, 0.1) is 13.2 Å². The van der Waals surface area contributed by atoms with Gasteiger partial charge < -0.3 is 14.8 Å². The van der Waals surface area contributed by atoms with E-state index in [9.17, 15) is 13.2 Å². The summed E-state index contributed by atoms with van der Waals surface area (Å²) in [7, 11) is -2.41. The molecule has 0 spiro atoms. The van der Waals surface area contributed by atoms with Gasteiger partial charge in [0.15, 0.2) is 0 Å². The molecule has 0 fully saturated rings. The van der Waals surface area contributed by atoms with E-state index in [4.69, 9.17) is 9.47 Å². The van der Waals surface area contributed by atoms with Gasteiger partial charge in [-0.25, -0.2) is 13.1 Å². The van der Waals surface area contributed by atoms with Crippen LogP contribution >= 0.6 is 11.3 Å². The van der Waals surface area contributed by atoms with E-state index in [2.05, 4.69) is 20.2 Å². The fraction of sp³-hybridized carbons (Fsp3) is 0.526. The van der Waals surface area contributed by atoms with Crippen molar-refractivity contribution in [3.05, 3.63) is 23.8 Å². The molecular weight excluding hydrogens is 428 g/mol. The Labute approximate surface area is 180 Å². The van der Waals surface area contributed by atoms with Crippen molar-refractivity contribution < 1.29 is 22.7 Å². The van der Waals surface area contributed by atoms with Crippen molar-refractivity contribution in [3.8, 4) is 11.5 Å². The number of fused-ring (bicyclic) bond motifs is 1. The van der Waals surface area contributed by atoms with Crippen molar-refractivity contribution in [2.24, 2.45) is 5.41 Å². The number of benzene rings is 1. The first-order valence-corrected chi connectivity index (χ1v) is 11.6. The summed E-state index contributed by atoms with van der Waals surface area (Å²) in [5.41, 5.74) is -0.509. The Morgan fingerprint density at radius 2 is 2.00 bits per heavy atom. The Hall–Kier alpha value is -2.24. The van der Waals surface area contributed by atoms with Crippen LogP contribution in [0.4, 0.5) is 5.13 Å². The number of carbonyl (C=O) groups is 1. The molecule has 1 aromatic heterocycles. The van der Waals surface area contributed by atoms with Gasteiger partial charge in [0, 0.05) is 23.5 Å². The molecule has 164 valence electrons. The standard InChI is InChI=1S/C19H26N4O5S2/c1-18(2,3)15(24)20-16-21-22-17(29-16)30(25,26)23-13-10-19(4,5)28-14-9-11(27-6)7-8-12(13)14/h7-9,13,23H,10H2,1-6H3,(H,20,21,24)/t13-/m1/s1. The summed E-state index contributed by atoms with van der Waals surface area (Å²) >= 11 is 0.804. The number of hydrogen-bond acceptors (Lipinski definition) is 8. The van der Waals surface area contributed by atoms with E-state index in [1.807, 2.05) is 13.8 Å². The molecule has 0 bridgehead atoms. The third-order valence-electron chi connectivity index (χ3n) is 4.51. The first kappa shape index (κ1) is 22.4. The van der Waals surface area contributed by atoms with E-state index in [0.29, 0.717) is 23.5 Å². The van der Waals surface area contributed by atoms with Crippen LogP contribution in [0.2, 0.25) is 0 Å². The molecule has 1 atom stereocenters. The smallest absolute Gasteiger partial charge is 0.270 e. The highest BCUT2D eigenvalue weighted by atomic mass is 32.2. The number of anilines is 1. The van der Waals surface area contributed by atoms with E-state index in [-0.39, 0.29) is 15.4 Å². The number of nitrogens with one attached hydrogen (secondary N) is 2. The van der Waals surface area contributed by atoms with Gasteiger partial charge in [0.1, 0.15) is 17.1 Å². The number of rotatable bonds is 5. The highest BCUT2D eigenvalue weighted by Crippen LogP contribution is 2.42. The van der Waals surface area contributed by atoms with E-state index in [0.717, 1.165) is 11.3 Å². The third-order valence-corrected chi connectivity index (χ3v) is 7.19. The van der Waals surface area contributed by atoms with Gasteiger partial charge >= 0.3 is 0 Å². The normalized spacial score (nSPS) is 18.3. The monoisotopic (exact) mass is 454 g/mol. The van der Waals surface area contributed by atoms with Gasteiger partial charge in [0.2, 0.25) is 15.4 Å². The lowest BCUT2D eigenvalue weighted by atomic mass is 9.90. The van der Waals surface area contributed by atoms with Crippen LogP contribution in [-0.4, -0.2) is 37.2 Å². The zero-order valence-corrected chi connectivity index (χ0v) is 19.4. The van der Waals surface area contributed by atoms with E-state index in [1.54, 1.807) is 46.1 Å². The zero-order valence-electron chi connectivity index (χ0n) is 17.8. The van der Waals surface area contributed by atoms with Crippen molar-refractivity contribution in [2.45, 2.75) is 57.0 Å². The zero-order chi connectivity index (χ0) is 22.3. The minimum atomic E-state index is -3.96. The quantitative estimate of drug-likeness (QED) is 0.666.